The number of halogens is 3. The number of pyridine rings is 1. The number of nitrogens with one attached hydrogen (secondary N) is 1. The van der Waals surface area contributed by atoms with Crippen LogP contribution in [0.15, 0.2) is 41.9 Å². The summed E-state index contributed by atoms with van der Waals surface area (Å²) in [6.45, 7) is 0. The first-order chi connectivity index (χ1) is 11.0. The van der Waals surface area contributed by atoms with Gasteiger partial charge in [0.25, 0.3) is 5.91 Å². The predicted octanol–water partition coefficient (Wildman–Crippen LogP) is 4.39. The summed E-state index contributed by atoms with van der Waals surface area (Å²) < 4.78 is 26.2. The number of hydrogen-bond acceptors (Lipinski definition) is 4. The zero-order valence-electron chi connectivity index (χ0n) is 11.4. The summed E-state index contributed by atoms with van der Waals surface area (Å²) in [5, 5.41) is 4.62. The standard InChI is InChI=1S/C15H8ClF2N3OS/c16-13-9(2-1-5-19-13)14(22)21-15-20-12(7-23-15)8-3-4-10(17)11(18)6-8/h1-7H,(H,20,21,22). The molecule has 2 aromatic heterocycles. The molecule has 0 saturated heterocycles. The lowest BCUT2D eigenvalue weighted by molar-refractivity contribution is 0.102. The molecule has 1 amide bonds. The topological polar surface area (TPSA) is 54.9 Å². The molecule has 8 heteroatoms. The van der Waals surface area contributed by atoms with E-state index < -0.39 is 17.5 Å². The summed E-state index contributed by atoms with van der Waals surface area (Å²) in [6.07, 6.45) is 1.48. The molecule has 116 valence electrons. The van der Waals surface area contributed by atoms with Crippen LogP contribution in [-0.2, 0) is 0 Å². The Bertz CT molecular complexity index is 885. The third-order valence-corrected chi connectivity index (χ3v) is 4.00. The zero-order valence-corrected chi connectivity index (χ0v) is 13.0. The fourth-order valence-electron chi connectivity index (χ4n) is 1.84. The van der Waals surface area contributed by atoms with Gasteiger partial charge in [0.05, 0.1) is 11.3 Å². The van der Waals surface area contributed by atoms with E-state index in [0.29, 0.717) is 16.4 Å². The van der Waals surface area contributed by atoms with Crippen molar-refractivity contribution in [1.82, 2.24) is 9.97 Å². The molecular formula is C15H8ClF2N3OS. The molecule has 0 saturated carbocycles. The molecule has 0 spiro atoms. The van der Waals surface area contributed by atoms with Gasteiger partial charge >= 0.3 is 0 Å². The van der Waals surface area contributed by atoms with Crippen LogP contribution in [0.2, 0.25) is 5.15 Å². The molecule has 23 heavy (non-hydrogen) atoms. The molecule has 4 nitrogen and oxygen atoms in total. The normalized spacial score (nSPS) is 10.6. The number of amides is 1. The van der Waals surface area contributed by atoms with Crippen LogP contribution >= 0.6 is 22.9 Å². The Kier molecular flexibility index (Phi) is 4.31. The zero-order chi connectivity index (χ0) is 16.4. The van der Waals surface area contributed by atoms with Gasteiger partial charge in [-0.25, -0.2) is 18.7 Å². The van der Waals surface area contributed by atoms with E-state index in [1.807, 2.05) is 0 Å². The predicted molar refractivity (Wildman–Crippen MR) is 84.7 cm³/mol. The van der Waals surface area contributed by atoms with Crippen molar-refractivity contribution < 1.29 is 13.6 Å². The Balaban J connectivity index is 1.81. The van der Waals surface area contributed by atoms with Crippen molar-refractivity contribution >= 4 is 34.0 Å². The fourth-order valence-corrected chi connectivity index (χ4v) is 2.76. The molecular weight excluding hydrogens is 344 g/mol. The molecule has 0 atom stereocenters. The lowest BCUT2D eigenvalue weighted by Crippen LogP contribution is -2.12. The average molecular weight is 352 g/mol. The van der Waals surface area contributed by atoms with E-state index in [1.54, 1.807) is 11.4 Å². The lowest BCUT2D eigenvalue weighted by atomic mass is 10.2. The van der Waals surface area contributed by atoms with Crippen molar-refractivity contribution in [3.05, 3.63) is 64.3 Å². The third kappa shape index (κ3) is 3.35. The largest absolute Gasteiger partial charge is 0.298 e. The van der Waals surface area contributed by atoms with Gasteiger partial charge in [-0.1, -0.05) is 11.6 Å². The maximum atomic E-state index is 13.3. The molecule has 3 rings (SSSR count). The minimum atomic E-state index is -0.955. The van der Waals surface area contributed by atoms with Crippen molar-refractivity contribution in [2.45, 2.75) is 0 Å². The Morgan fingerprint density at radius 2 is 2.04 bits per heavy atom. The van der Waals surface area contributed by atoms with Crippen LogP contribution < -0.4 is 5.32 Å². The SMILES string of the molecule is O=C(Nc1nc(-c2ccc(F)c(F)c2)cs1)c1cccnc1Cl. The molecule has 3 aromatic rings. The Hall–Kier alpha value is -2.38. The number of hydrogen-bond donors (Lipinski definition) is 1. The van der Waals surface area contributed by atoms with Gasteiger partial charge in [-0.15, -0.1) is 11.3 Å². The first-order valence-corrected chi connectivity index (χ1v) is 7.63. The fraction of sp³-hybridized carbons (Fsp3) is 0. The number of carbonyl (C=O) groups is 1. The van der Waals surface area contributed by atoms with Crippen LogP contribution in [0.5, 0.6) is 0 Å². The second-order valence-corrected chi connectivity index (χ2v) is 5.68. The minimum Gasteiger partial charge on any atom is -0.298 e. The average Bonchev–Trinajstić information content (AvgIpc) is 2.99. The van der Waals surface area contributed by atoms with Gasteiger partial charge in [0, 0.05) is 17.1 Å². The highest BCUT2D eigenvalue weighted by atomic mass is 35.5. The van der Waals surface area contributed by atoms with E-state index in [2.05, 4.69) is 15.3 Å². The summed E-state index contributed by atoms with van der Waals surface area (Å²) in [7, 11) is 0. The van der Waals surface area contributed by atoms with Crippen LogP contribution in [0.3, 0.4) is 0 Å². The highest BCUT2D eigenvalue weighted by molar-refractivity contribution is 7.14. The van der Waals surface area contributed by atoms with Crippen molar-refractivity contribution in [1.29, 1.82) is 0 Å². The van der Waals surface area contributed by atoms with Crippen molar-refractivity contribution in [2.24, 2.45) is 0 Å². The summed E-state index contributed by atoms with van der Waals surface area (Å²) in [5.41, 5.74) is 1.07. The van der Waals surface area contributed by atoms with Crippen LogP contribution in [0, 0.1) is 11.6 Å². The summed E-state index contributed by atoms with van der Waals surface area (Å²) in [5.74, 6) is -2.33. The van der Waals surface area contributed by atoms with Gasteiger partial charge in [0.1, 0.15) is 5.15 Å². The summed E-state index contributed by atoms with van der Waals surface area (Å²) in [6, 6.07) is 6.62. The van der Waals surface area contributed by atoms with E-state index in [-0.39, 0.29) is 10.7 Å². The van der Waals surface area contributed by atoms with Gasteiger partial charge in [-0.2, -0.15) is 0 Å². The van der Waals surface area contributed by atoms with E-state index >= 15 is 0 Å². The molecule has 0 fully saturated rings. The lowest BCUT2D eigenvalue weighted by Gasteiger charge is -2.02. The maximum absolute atomic E-state index is 13.3. The molecule has 1 aromatic carbocycles. The van der Waals surface area contributed by atoms with Gasteiger partial charge in [0.15, 0.2) is 16.8 Å². The Labute approximate surface area is 138 Å². The van der Waals surface area contributed by atoms with Gasteiger partial charge < -0.3 is 0 Å². The number of rotatable bonds is 3. The molecule has 2 heterocycles. The van der Waals surface area contributed by atoms with Crippen LogP contribution in [0.4, 0.5) is 13.9 Å². The van der Waals surface area contributed by atoms with Gasteiger partial charge in [-0.3, -0.25) is 10.1 Å². The van der Waals surface area contributed by atoms with Crippen LogP contribution in [0.1, 0.15) is 10.4 Å². The highest BCUT2D eigenvalue weighted by Gasteiger charge is 2.14. The molecule has 0 aliphatic rings. The Morgan fingerprint density at radius 3 is 2.78 bits per heavy atom. The van der Waals surface area contributed by atoms with E-state index in [0.717, 1.165) is 23.5 Å². The Morgan fingerprint density at radius 1 is 1.22 bits per heavy atom. The van der Waals surface area contributed by atoms with Crippen LogP contribution in [0.25, 0.3) is 11.3 Å². The van der Waals surface area contributed by atoms with Crippen molar-refractivity contribution in [3.8, 4) is 11.3 Å². The maximum Gasteiger partial charge on any atom is 0.260 e. The quantitative estimate of drug-likeness (QED) is 0.712. The molecule has 0 aliphatic heterocycles. The highest BCUT2D eigenvalue weighted by Crippen LogP contribution is 2.26. The van der Waals surface area contributed by atoms with E-state index in [4.69, 9.17) is 11.6 Å². The number of aromatic nitrogens is 2. The second kappa shape index (κ2) is 6.39. The molecule has 1 N–H and O–H groups in total. The minimum absolute atomic E-state index is 0.0855. The van der Waals surface area contributed by atoms with E-state index in [1.165, 1.54) is 18.3 Å². The summed E-state index contributed by atoms with van der Waals surface area (Å²) in [4.78, 5) is 20.1. The molecule has 0 aliphatic carbocycles. The smallest absolute Gasteiger partial charge is 0.260 e. The molecule has 0 unspecified atom stereocenters. The number of thiazole rings is 1. The summed E-state index contributed by atoms with van der Waals surface area (Å²) >= 11 is 7.01. The second-order valence-electron chi connectivity index (χ2n) is 4.46. The first-order valence-electron chi connectivity index (χ1n) is 6.37. The number of carbonyl (C=O) groups excluding carboxylic acids is 1. The number of benzene rings is 1. The number of anilines is 1. The molecule has 0 radical (unpaired) electrons. The third-order valence-electron chi connectivity index (χ3n) is 2.94. The van der Waals surface area contributed by atoms with Crippen LogP contribution in [-0.4, -0.2) is 15.9 Å². The molecule has 0 bridgehead atoms. The van der Waals surface area contributed by atoms with E-state index in [9.17, 15) is 13.6 Å². The van der Waals surface area contributed by atoms with Crippen molar-refractivity contribution in [2.75, 3.05) is 5.32 Å². The first kappa shape index (κ1) is 15.5. The monoisotopic (exact) mass is 351 g/mol. The van der Waals surface area contributed by atoms with Gasteiger partial charge in [0.2, 0.25) is 0 Å². The van der Waals surface area contributed by atoms with Gasteiger partial charge in [-0.05, 0) is 30.3 Å². The number of nitrogens with zero attached hydrogens (tertiary/aromatic N) is 2. The van der Waals surface area contributed by atoms with Crippen molar-refractivity contribution in [3.63, 3.8) is 0 Å².